The topological polar surface area (TPSA) is 91.4 Å². The first kappa shape index (κ1) is 23.8. The van der Waals surface area contributed by atoms with Gasteiger partial charge in [0.2, 0.25) is 5.91 Å². The lowest BCUT2D eigenvalue weighted by molar-refractivity contribution is -0.117. The molecule has 2 fully saturated rings. The number of morpholine rings is 1. The maximum absolute atomic E-state index is 12.9. The van der Waals surface area contributed by atoms with Crippen LogP contribution >= 0.6 is 0 Å². The number of alkyl halides is 2. The van der Waals surface area contributed by atoms with Crippen LogP contribution in [-0.2, 0) is 19.7 Å². The fourth-order valence-corrected chi connectivity index (χ4v) is 5.47. The molecule has 2 saturated heterocycles. The Hall–Kier alpha value is -1.86. The fourth-order valence-electron chi connectivity index (χ4n) is 3.72. The number of anilines is 1. The predicted octanol–water partition coefficient (Wildman–Crippen LogP) is 1.20. The minimum atomic E-state index is -3.57. The van der Waals surface area contributed by atoms with Gasteiger partial charge in [-0.15, -0.1) is 0 Å². The van der Waals surface area contributed by atoms with Gasteiger partial charge in [-0.05, 0) is 38.1 Å². The number of carbonyl (C=O) groups excluding carboxylic acids is 1. The number of piperazine rings is 1. The van der Waals surface area contributed by atoms with Crippen molar-refractivity contribution in [2.75, 3.05) is 51.1 Å². The second-order valence-electron chi connectivity index (χ2n) is 7.71. The van der Waals surface area contributed by atoms with Crippen molar-refractivity contribution in [3.05, 3.63) is 24.3 Å². The van der Waals surface area contributed by atoms with Gasteiger partial charge in [0.1, 0.15) is 5.75 Å². The normalized spacial score (nSPS) is 24.3. The molecule has 174 valence electrons. The Balaban J connectivity index is 1.46. The standard InChI is InChI=1S/C19H28F2N4O5S/c1-14-11-25(12-15(2)29-14)31(27,28)24-9-7-23(8-10-24)13-18(26)22-16-3-5-17(6-4-16)30-19(20)21/h3-6,14-15,19H,7-13H2,1-2H3,(H,22,26). The van der Waals surface area contributed by atoms with Crippen molar-refractivity contribution in [1.82, 2.24) is 13.5 Å². The first-order valence-corrected chi connectivity index (χ1v) is 11.5. The van der Waals surface area contributed by atoms with Crippen LogP contribution in [0.4, 0.5) is 14.5 Å². The quantitative estimate of drug-likeness (QED) is 0.655. The molecule has 2 aliphatic heterocycles. The number of carbonyl (C=O) groups is 1. The van der Waals surface area contributed by atoms with Crippen LogP contribution in [-0.4, -0.2) is 92.5 Å². The second kappa shape index (κ2) is 10.2. The maximum atomic E-state index is 12.9. The van der Waals surface area contributed by atoms with Crippen molar-refractivity contribution in [2.24, 2.45) is 0 Å². The van der Waals surface area contributed by atoms with Gasteiger partial charge in [-0.1, -0.05) is 0 Å². The molecule has 1 aromatic carbocycles. The molecule has 2 aliphatic rings. The highest BCUT2D eigenvalue weighted by Gasteiger charge is 2.36. The van der Waals surface area contributed by atoms with Crippen LogP contribution in [0.3, 0.4) is 0 Å². The van der Waals surface area contributed by atoms with E-state index in [1.807, 2.05) is 18.7 Å². The van der Waals surface area contributed by atoms with Crippen molar-refractivity contribution in [1.29, 1.82) is 0 Å². The molecule has 2 unspecified atom stereocenters. The van der Waals surface area contributed by atoms with E-state index in [1.54, 1.807) is 0 Å². The minimum absolute atomic E-state index is 0.00869. The summed E-state index contributed by atoms with van der Waals surface area (Å²) in [6.07, 6.45) is -0.306. The first-order valence-electron chi connectivity index (χ1n) is 10.1. The SMILES string of the molecule is CC1CN(S(=O)(=O)N2CCN(CC(=O)Nc3ccc(OC(F)F)cc3)CC2)CC(C)O1. The first-order chi connectivity index (χ1) is 14.6. The van der Waals surface area contributed by atoms with Gasteiger partial charge in [0.05, 0.1) is 18.8 Å². The molecule has 0 aromatic heterocycles. The summed E-state index contributed by atoms with van der Waals surface area (Å²) in [6.45, 7) is 3.04. The van der Waals surface area contributed by atoms with E-state index in [2.05, 4.69) is 10.1 Å². The molecule has 0 radical (unpaired) electrons. The Morgan fingerprint density at radius 1 is 1.10 bits per heavy atom. The van der Waals surface area contributed by atoms with Crippen LogP contribution < -0.4 is 10.1 Å². The molecule has 0 aliphatic carbocycles. The molecule has 1 amide bonds. The zero-order valence-corrected chi connectivity index (χ0v) is 18.4. The summed E-state index contributed by atoms with van der Waals surface area (Å²) in [7, 11) is -3.57. The fraction of sp³-hybridized carbons (Fsp3) is 0.632. The highest BCUT2D eigenvalue weighted by Crippen LogP contribution is 2.20. The van der Waals surface area contributed by atoms with Crippen LogP contribution in [0.2, 0.25) is 0 Å². The maximum Gasteiger partial charge on any atom is 0.387 e. The van der Waals surface area contributed by atoms with Crippen molar-refractivity contribution >= 4 is 21.8 Å². The van der Waals surface area contributed by atoms with Crippen molar-refractivity contribution in [2.45, 2.75) is 32.7 Å². The number of hydrogen-bond donors (Lipinski definition) is 1. The molecule has 3 rings (SSSR count). The van der Waals surface area contributed by atoms with E-state index in [4.69, 9.17) is 4.74 Å². The third kappa shape index (κ3) is 6.56. The molecular weight excluding hydrogens is 434 g/mol. The molecule has 12 heteroatoms. The Kier molecular flexibility index (Phi) is 7.81. The minimum Gasteiger partial charge on any atom is -0.435 e. The summed E-state index contributed by atoms with van der Waals surface area (Å²) in [5.41, 5.74) is 0.461. The van der Waals surface area contributed by atoms with Crippen LogP contribution in [0.25, 0.3) is 0 Å². The van der Waals surface area contributed by atoms with E-state index in [1.165, 1.54) is 32.9 Å². The lowest BCUT2D eigenvalue weighted by atomic mass is 10.3. The number of rotatable bonds is 7. The smallest absolute Gasteiger partial charge is 0.387 e. The Morgan fingerprint density at radius 2 is 1.68 bits per heavy atom. The zero-order chi connectivity index (χ0) is 22.6. The number of benzene rings is 1. The van der Waals surface area contributed by atoms with E-state index < -0.39 is 16.8 Å². The van der Waals surface area contributed by atoms with E-state index in [9.17, 15) is 22.0 Å². The summed E-state index contributed by atoms with van der Waals surface area (Å²) in [4.78, 5) is 14.2. The molecule has 9 nitrogen and oxygen atoms in total. The summed E-state index contributed by atoms with van der Waals surface area (Å²) in [6, 6.07) is 5.65. The van der Waals surface area contributed by atoms with Gasteiger partial charge in [-0.25, -0.2) is 0 Å². The predicted molar refractivity (Wildman–Crippen MR) is 110 cm³/mol. The van der Waals surface area contributed by atoms with Crippen molar-refractivity contribution in [3.8, 4) is 5.75 Å². The molecule has 2 heterocycles. The van der Waals surface area contributed by atoms with Crippen LogP contribution in [0.15, 0.2) is 24.3 Å². The lowest BCUT2D eigenvalue weighted by Gasteiger charge is -2.40. The molecule has 0 bridgehead atoms. The third-order valence-corrected chi connectivity index (χ3v) is 7.07. The lowest BCUT2D eigenvalue weighted by Crippen LogP contribution is -2.57. The average molecular weight is 463 g/mol. The average Bonchev–Trinajstić information content (AvgIpc) is 2.69. The molecule has 2 atom stereocenters. The van der Waals surface area contributed by atoms with Gasteiger partial charge in [0.25, 0.3) is 10.2 Å². The Bertz CT molecular complexity index is 837. The summed E-state index contributed by atoms with van der Waals surface area (Å²) in [5.74, 6) is -0.260. The summed E-state index contributed by atoms with van der Waals surface area (Å²) >= 11 is 0. The van der Waals surface area contributed by atoms with Crippen molar-refractivity contribution in [3.63, 3.8) is 0 Å². The van der Waals surface area contributed by atoms with E-state index in [0.717, 1.165) is 0 Å². The van der Waals surface area contributed by atoms with Gasteiger partial charge >= 0.3 is 6.61 Å². The molecular formula is C19H28F2N4O5S. The third-order valence-electron chi connectivity index (χ3n) is 5.10. The van der Waals surface area contributed by atoms with E-state index in [0.29, 0.717) is 45.0 Å². The van der Waals surface area contributed by atoms with E-state index in [-0.39, 0.29) is 30.4 Å². The monoisotopic (exact) mass is 462 g/mol. The molecule has 1 aromatic rings. The second-order valence-corrected chi connectivity index (χ2v) is 9.64. The number of nitrogens with zero attached hydrogens (tertiary/aromatic N) is 3. The van der Waals surface area contributed by atoms with Gasteiger partial charge in [0.15, 0.2) is 0 Å². The zero-order valence-electron chi connectivity index (χ0n) is 17.5. The van der Waals surface area contributed by atoms with Gasteiger partial charge in [-0.2, -0.15) is 25.8 Å². The van der Waals surface area contributed by atoms with Gasteiger partial charge in [0, 0.05) is 45.0 Å². The number of hydrogen-bond acceptors (Lipinski definition) is 6. The van der Waals surface area contributed by atoms with E-state index >= 15 is 0 Å². The Labute approximate surface area is 181 Å². The number of halogens is 2. The largest absolute Gasteiger partial charge is 0.435 e. The molecule has 1 N–H and O–H groups in total. The Morgan fingerprint density at radius 3 is 2.23 bits per heavy atom. The summed E-state index contributed by atoms with van der Waals surface area (Å²) in [5, 5.41) is 2.69. The number of ether oxygens (including phenoxy) is 2. The molecule has 0 spiro atoms. The van der Waals surface area contributed by atoms with Gasteiger partial charge in [-0.3, -0.25) is 9.69 Å². The highest BCUT2D eigenvalue weighted by molar-refractivity contribution is 7.86. The van der Waals surface area contributed by atoms with Crippen LogP contribution in [0.1, 0.15) is 13.8 Å². The number of amides is 1. The van der Waals surface area contributed by atoms with Crippen LogP contribution in [0.5, 0.6) is 5.75 Å². The molecule has 0 saturated carbocycles. The van der Waals surface area contributed by atoms with Crippen LogP contribution in [0, 0.1) is 0 Å². The highest BCUT2D eigenvalue weighted by atomic mass is 32.2. The number of nitrogens with one attached hydrogen (secondary N) is 1. The van der Waals surface area contributed by atoms with Gasteiger partial charge < -0.3 is 14.8 Å². The molecule has 31 heavy (non-hydrogen) atoms. The van der Waals surface area contributed by atoms with Crippen molar-refractivity contribution < 1.29 is 31.5 Å². The summed E-state index contributed by atoms with van der Waals surface area (Å²) < 4.78 is 63.1.